The summed E-state index contributed by atoms with van der Waals surface area (Å²) in [7, 11) is 0. The Kier molecular flexibility index (Phi) is 3.20. The molecule has 0 bridgehead atoms. The minimum Gasteiger partial charge on any atom is -0.382 e. The van der Waals surface area contributed by atoms with Crippen LogP contribution in [0.15, 0.2) is 36.5 Å². The maximum atomic E-state index is 13.9. The van der Waals surface area contributed by atoms with Gasteiger partial charge in [0.05, 0.1) is 5.69 Å². The van der Waals surface area contributed by atoms with E-state index < -0.39 is 6.10 Å². The van der Waals surface area contributed by atoms with Gasteiger partial charge in [0.1, 0.15) is 11.9 Å². The van der Waals surface area contributed by atoms with Gasteiger partial charge in [0.2, 0.25) is 0 Å². The molecule has 1 aromatic carbocycles. The number of aliphatic hydroxyl groups is 1. The van der Waals surface area contributed by atoms with Gasteiger partial charge in [-0.15, -0.1) is 0 Å². The molecule has 1 N–H and O–H groups in total. The summed E-state index contributed by atoms with van der Waals surface area (Å²) < 4.78 is 13.9. The summed E-state index contributed by atoms with van der Waals surface area (Å²) in [4.78, 5) is 4.04. The van der Waals surface area contributed by atoms with Gasteiger partial charge in [0.15, 0.2) is 0 Å². The Morgan fingerprint density at radius 1 is 1.24 bits per heavy atom. The normalized spacial score (nSPS) is 12.5. The van der Waals surface area contributed by atoms with Crippen LogP contribution in [0.1, 0.15) is 28.5 Å². The van der Waals surface area contributed by atoms with E-state index in [2.05, 4.69) is 4.98 Å². The van der Waals surface area contributed by atoms with Crippen molar-refractivity contribution in [2.24, 2.45) is 0 Å². The lowest BCUT2D eigenvalue weighted by Gasteiger charge is -2.14. The van der Waals surface area contributed by atoms with Gasteiger partial charge < -0.3 is 5.11 Å². The second-order valence-corrected chi connectivity index (χ2v) is 4.13. The van der Waals surface area contributed by atoms with Crippen LogP contribution in [-0.4, -0.2) is 10.1 Å². The van der Waals surface area contributed by atoms with Gasteiger partial charge in [-0.2, -0.15) is 0 Å². The zero-order chi connectivity index (χ0) is 12.4. The highest BCUT2D eigenvalue weighted by Crippen LogP contribution is 2.26. The highest BCUT2D eigenvalue weighted by atomic mass is 19.1. The molecule has 0 fully saturated rings. The van der Waals surface area contributed by atoms with E-state index in [1.807, 2.05) is 13.0 Å². The molecule has 2 nitrogen and oxygen atoms in total. The van der Waals surface area contributed by atoms with E-state index >= 15 is 0 Å². The fourth-order valence-corrected chi connectivity index (χ4v) is 1.96. The lowest BCUT2D eigenvalue weighted by atomic mass is 9.98. The van der Waals surface area contributed by atoms with Gasteiger partial charge >= 0.3 is 0 Å². The van der Waals surface area contributed by atoms with Gasteiger partial charge in [-0.1, -0.05) is 12.1 Å². The molecule has 0 saturated heterocycles. The average molecular weight is 231 g/mol. The molecular weight excluding hydrogens is 217 g/mol. The number of benzene rings is 1. The Hall–Kier alpha value is -1.74. The molecule has 0 radical (unpaired) electrons. The fourth-order valence-electron chi connectivity index (χ4n) is 1.96. The predicted octanol–water partition coefficient (Wildman–Crippen LogP) is 2.92. The summed E-state index contributed by atoms with van der Waals surface area (Å²) in [6.07, 6.45) is 0.566. The molecule has 0 aliphatic heterocycles. The number of pyridine rings is 1. The second-order valence-electron chi connectivity index (χ2n) is 4.13. The van der Waals surface area contributed by atoms with Crippen molar-refractivity contribution in [1.82, 2.24) is 4.98 Å². The first-order chi connectivity index (χ1) is 8.09. The van der Waals surface area contributed by atoms with Crippen LogP contribution < -0.4 is 0 Å². The molecule has 2 aromatic rings. The number of rotatable bonds is 2. The molecule has 0 aliphatic carbocycles. The SMILES string of the molecule is Cc1cc(C)c(C(O)c2ccccn2)c(F)c1. The van der Waals surface area contributed by atoms with Crippen molar-refractivity contribution in [3.8, 4) is 0 Å². The third-order valence-electron chi connectivity index (χ3n) is 2.72. The van der Waals surface area contributed by atoms with Crippen molar-refractivity contribution in [3.63, 3.8) is 0 Å². The van der Waals surface area contributed by atoms with Gasteiger partial charge in [-0.3, -0.25) is 4.98 Å². The van der Waals surface area contributed by atoms with Crippen LogP contribution in [0.4, 0.5) is 4.39 Å². The molecular formula is C14H14FNO. The van der Waals surface area contributed by atoms with Crippen LogP contribution in [0, 0.1) is 19.7 Å². The van der Waals surface area contributed by atoms with Crippen LogP contribution in [0.3, 0.4) is 0 Å². The molecule has 17 heavy (non-hydrogen) atoms. The standard InChI is InChI=1S/C14H14FNO/c1-9-7-10(2)13(11(15)8-9)14(17)12-5-3-4-6-16-12/h3-8,14,17H,1-2H3. The van der Waals surface area contributed by atoms with Crippen LogP contribution in [0.25, 0.3) is 0 Å². The Morgan fingerprint density at radius 2 is 2.00 bits per heavy atom. The molecule has 1 aromatic heterocycles. The Labute approximate surface area is 99.8 Å². The van der Waals surface area contributed by atoms with Gasteiger partial charge in [0.25, 0.3) is 0 Å². The second kappa shape index (κ2) is 4.63. The maximum absolute atomic E-state index is 13.9. The van der Waals surface area contributed by atoms with Crippen molar-refractivity contribution in [1.29, 1.82) is 0 Å². The highest BCUT2D eigenvalue weighted by Gasteiger charge is 2.18. The van der Waals surface area contributed by atoms with Crippen molar-refractivity contribution in [2.45, 2.75) is 20.0 Å². The number of halogens is 1. The highest BCUT2D eigenvalue weighted by molar-refractivity contribution is 5.36. The molecule has 0 spiro atoms. The summed E-state index contributed by atoms with van der Waals surface area (Å²) in [6, 6.07) is 8.49. The minimum absolute atomic E-state index is 0.300. The molecule has 0 saturated carbocycles. The zero-order valence-corrected chi connectivity index (χ0v) is 9.81. The molecule has 1 unspecified atom stereocenters. The first-order valence-corrected chi connectivity index (χ1v) is 5.45. The third kappa shape index (κ3) is 2.34. The Bertz CT molecular complexity index is 502. The van der Waals surface area contributed by atoms with Crippen molar-refractivity contribution < 1.29 is 9.50 Å². The van der Waals surface area contributed by atoms with Crippen molar-refractivity contribution in [3.05, 3.63) is 64.7 Å². The van der Waals surface area contributed by atoms with E-state index in [0.717, 1.165) is 11.1 Å². The lowest BCUT2D eigenvalue weighted by Crippen LogP contribution is -2.07. The number of nitrogens with zero attached hydrogens (tertiary/aromatic N) is 1. The van der Waals surface area contributed by atoms with E-state index in [-0.39, 0.29) is 5.82 Å². The van der Waals surface area contributed by atoms with E-state index in [4.69, 9.17) is 0 Å². The monoisotopic (exact) mass is 231 g/mol. The number of aryl methyl sites for hydroxylation is 2. The molecule has 0 aliphatic rings. The lowest BCUT2D eigenvalue weighted by molar-refractivity contribution is 0.209. The summed E-state index contributed by atoms with van der Waals surface area (Å²) in [5, 5.41) is 10.1. The minimum atomic E-state index is -1.02. The van der Waals surface area contributed by atoms with E-state index in [1.54, 1.807) is 31.3 Å². The van der Waals surface area contributed by atoms with Gasteiger partial charge in [-0.25, -0.2) is 4.39 Å². The van der Waals surface area contributed by atoms with E-state index in [0.29, 0.717) is 11.3 Å². The molecule has 2 rings (SSSR count). The van der Waals surface area contributed by atoms with Gasteiger partial charge in [-0.05, 0) is 43.2 Å². The fraction of sp³-hybridized carbons (Fsp3) is 0.214. The number of hydrogen-bond donors (Lipinski definition) is 1. The van der Waals surface area contributed by atoms with Crippen molar-refractivity contribution >= 4 is 0 Å². The van der Waals surface area contributed by atoms with Crippen LogP contribution in [-0.2, 0) is 0 Å². The van der Waals surface area contributed by atoms with Crippen LogP contribution in [0.5, 0.6) is 0 Å². The van der Waals surface area contributed by atoms with E-state index in [1.165, 1.54) is 6.07 Å². The van der Waals surface area contributed by atoms with Crippen LogP contribution in [0.2, 0.25) is 0 Å². The summed E-state index contributed by atoms with van der Waals surface area (Å²) >= 11 is 0. The van der Waals surface area contributed by atoms with Gasteiger partial charge in [0, 0.05) is 11.8 Å². The number of aromatic nitrogens is 1. The first-order valence-electron chi connectivity index (χ1n) is 5.45. The Balaban J connectivity index is 2.48. The molecule has 0 amide bonds. The molecule has 3 heteroatoms. The smallest absolute Gasteiger partial charge is 0.129 e. The quantitative estimate of drug-likeness (QED) is 0.862. The topological polar surface area (TPSA) is 33.1 Å². The predicted molar refractivity (Wildman–Crippen MR) is 64.2 cm³/mol. The molecule has 1 atom stereocenters. The number of hydrogen-bond acceptors (Lipinski definition) is 2. The largest absolute Gasteiger partial charge is 0.382 e. The Morgan fingerprint density at radius 3 is 2.59 bits per heavy atom. The maximum Gasteiger partial charge on any atom is 0.129 e. The molecule has 88 valence electrons. The zero-order valence-electron chi connectivity index (χ0n) is 9.81. The third-order valence-corrected chi connectivity index (χ3v) is 2.72. The summed E-state index contributed by atoms with van der Waals surface area (Å²) in [5.41, 5.74) is 2.34. The summed E-state index contributed by atoms with van der Waals surface area (Å²) in [6.45, 7) is 3.62. The molecule has 1 heterocycles. The van der Waals surface area contributed by atoms with Crippen LogP contribution >= 0.6 is 0 Å². The first kappa shape index (κ1) is 11.7. The summed E-state index contributed by atoms with van der Waals surface area (Å²) in [5.74, 6) is -0.388. The average Bonchev–Trinajstić information content (AvgIpc) is 2.28. The van der Waals surface area contributed by atoms with Crippen molar-refractivity contribution in [2.75, 3.05) is 0 Å². The number of aliphatic hydroxyl groups excluding tert-OH is 1. The van der Waals surface area contributed by atoms with E-state index in [9.17, 15) is 9.50 Å².